The molecule has 2 atom stereocenters. The fraction of sp³-hybridized carbons (Fsp3) is 0.538. The minimum Gasteiger partial charge on any atom is -0.493 e. The number of ether oxygens (including phenoxy) is 2. The highest BCUT2D eigenvalue weighted by Crippen LogP contribution is 2.29. The van der Waals surface area contributed by atoms with Crippen LogP contribution in [-0.4, -0.2) is 39.9 Å². The topological polar surface area (TPSA) is 84.9 Å². The van der Waals surface area contributed by atoms with Crippen molar-refractivity contribution in [1.29, 1.82) is 0 Å². The minimum atomic E-state index is -3.66. The summed E-state index contributed by atoms with van der Waals surface area (Å²) in [6.07, 6.45) is -0.231. The lowest BCUT2D eigenvalue weighted by Crippen LogP contribution is -2.34. The molecule has 1 aromatic carbocycles. The lowest BCUT2D eigenvalue weighted by molar-refractivity contribution is 0.175. The van der Waals surface area contributed by atoms with Gasteiger partial charge in [-0.1, -0.05) is 0 Å². The van der Waals surface area contributed by atoms with E-state index in [2.05, 4.69) is 4.72 Å². The van der Waals surface area contributed by atoms with E-state index in [1.807, 2.05) is 0 Å². The van der Waals surface area contributed by atoms with Crippen LogP contribution in [0.4, 0.5) is 0 Å². The van der Waals surface area contributed by atoms with E-state index in [0.29, 0.717) is 17.9 Å². The van der Waals surface area contributed by atoms with E-state index in [1.165, 1.54) is 32.4 Å². The maximum atomic E-state index is 12.2. The smallest absolute Gasteiger partial charge is 0.240 e. The van der Waals surface area contributed by atoms with E-state index < -0.39 is 16.1 Å². The summed E-state index contributed by atoms with van der Waals surface area (Å²) in [5, 5.41) is 9.27. The Morgan fingerprint density at radius 3 is 2.30 bits per heavy atom. The number of hydrogen-bond donors (Lipinski definition) is 2. The summed E-state index contributed by atoms with van der Waals surface area (Å²) < 4.78 is 37.1. The maximum Gasteiger partial charge on any atom is 0.240 e. The van der Waals surface area contributed by atoms with Crippen LogP contribution in [0, 0.1) is 0 Å². The van der Waals surface area contributed by atoms with Crippen LogP contribution in [0.5, 0.6) is 11.5 Å². The highest BCUT2D eigenvalue weighted by Gasteiger charge is 2.20. The largest absolute Gasteiger partial charge is 0.493 e. The highest BCUT2D eigenvalue weighted by atomic mass is 32.2. The zero-order valence-electron chi connectivity index (χ0n) is 12.1. The van der Waals surface area contributed by atoms with Gasteiger partial charge in [0.15, 0.2) is 11.5 Å². The van der Waals surface area contributed by atoms with Crippen molar-refractivity contribution in [3.63, 3.8) is 0 Å². The first-order chi connectivity index (χ1) is 9.30. The summed E-state index contributed by atoms with van der Waals surface area (Å²) in [7, 11) is -0.736. The Bertz CT molecular complexity index is 542. The number of rotatable bonds is 7. The number of benzene rings is 1. The third-order valence-corrected chi connectivity index (χ3v) is 4.30. The molecule has 0 aliphatic rings. The van der Waals surface area contributed by atoms with Gasteiger partial charge in [0.1, 0.15) is 0 Å². The monoisotopic (exact) mass is 303 g/mol. The molecule has 2 N–H and O–H groups in total. The SMILES string of the molecule is COc1ccc(S(=O)(=O)NC(C)CC(C)O)cc1OC. The van der Waals surface area contributed by atoms with Crippen molar-refractivity contribution in [2.75, 3.05) is 14.2 Å². The quantitative estimate of drug-likeness (QED) is 0.789. The first-order valence-corrected chi connectivity index (χ1v) is 7.71. The van der Waals surface area contributed by atoms with Crippen molar-refractivity contribution >= 4 is 10.0 Å². The van der Waals surface area contributed by atoms with Gasteiger partial charge in [-0.2, -0.15) is 0 Å². The molecule has 1 rings (SSSR count). The summed E-state index contributed by atoms with van der Waals surface area (Å²) in [6, 6.07) is 4.01. The van der Waals surface area contributed by atoms with Crippen LogP contribution < -0.4 is 14.2 Å². The van der Waals surface area contributed by atoms with Crippen molar-refractivity contribution in [1.82, 2.24) is 4.72 Å². The van der Waals surface area contributed by atoms with E-state index in [1.54, 1.807) is 13.8 Å². The van der Waals surface area contributed by atoms with Crippen molar-refractivity contribution in [2.45, 2.75) is 37.3 Å². The zero-order valence-corrected chi connectivity index (χ0v) is 12.9. The molecule has 114 valence electrons. The molecule has 0 amide bonds. The van der Waals surface area contributed by atoms with Gasteiger partial charge in [0.25, 0.3) is 0 Å². The van der Waals surface area contributed by atoms with Gasteiger partial charge >= 0.3 is 0 Å². The average molecular weight is 303 g/mol. The normalized spacial score (nSPS) is 14.7. The van der Waals surface area contributed by atoms with Gasteiger partial charge in [0, 0.05) is 12.1 Å². The molecule has 0 aromatic heterocycles. The second kappa shape index (κ2) is 6.92. The molecule has 20 heavy (non-hydrogen) atoms. The number of hydrogen-bond acceptors (Lipinski definition) is 5. The highest BCUT2D eigenvalue weighted by molar-refractivity contribution is 7.89. The van der Waals surface area contributed by atoms with E-state index in [-0.39, 0.29) is 10.9 Å². The van der Waals surface area contributed by atoms with Gasteiger partial charge in [-0.05, 0) is 32.4 Å². The molecule has 0 saturated heterocycles. The molecule has 0 fully saturated rings. The van der Waals surface area contributed by atoms with Crippen molar-refractivity contribution in [3.8, 4) is 11.5 Å². The third kappa shape index (κ3) is 4.36. The molecular formula is C13H21NO5S. The Kier molecular flexibility index (Phi) is 5.79. The predicted octanol–water partition coefficient (Wildman–Crippen LogP) is 1.14. The third-order valence-electron chi connectivity index (χ3n) is 2.72. The van der Waals surface area contributed by atoms with Gasteiger partial charge in [-0.15, -0.1) is 0 Å². The standard InChI is InChI=1S/C13H21NO5S/c1-9(7-10(2)15)14-20(16,17)11-5-6-12(18-3)13(8-11)19-4/h5-6,8-10,14-15H,7H2,1-4H3. The Hall–Kier alpha value is -1.31. The number of methoxy groups -OCH3 is 2. The molecular weight excluding hydrogens is 282 g/mol. The van der Waals surface area contributed by atoms with E-state index in [4.69, 9.17) is 9.47 Å². The van der Waals surface area contributed by atoms with E-state index >= 15 is 0 Å². The van der Waals surface area contributed by atoms with Gasteiger partial charge in [0.05, 0.1) is 25.2 Å². The van der Waals surface area contributed by atoms with Crippen molar-refractivity contribution < 1.29 is 23.0 Å². The van der Waals surface area contributed by atoms with Crippen molar-refractivity contribution in [3.05, 3.63) is 18.2 Å². The van der Waals surface area contributed by atoms with Crippen LogP contribution >= 0.6 is 0 Å². The second-order valence-corrected chi connectivity index (χ2v) is 6.34. The minimum absolute atomic E-state index is 0.0904. The number of nitrogens with one attached hydrogen (secondary N) is 1. The van der Waals surface area contributed by atoms with E-state index in [9.17, 15) is 13.5 Å². The van der Waals surface area contributed by atoms with Gasteiger partial charge in [-0.25, -0.2) is 13.1 Å². The second-order valence-electron chi connectivity index (χ2n) is 4.62. The molecule has 0 aliphatic heterocycles. The lowest BCUT2D eigenvalue weighted by atomic mass is 10.2. The molecule has 0 radical (unpaired) electrons. The number of aliphatic hydroxyl groups is 1. The predicted molar refractivity (Wildman–Crippen MR) is 75.6 cm³/mol. The molecule has 0 heterocycles. The number of aliphatic hydroxyl groups excluding tert-OH is 1. The molecule has 1 aromatic rings. The number of sulfonamides is 1. The summed E-state index contributed by atoms with van der Waals surface area (Å²) >= 11 is 0. The van der Waals surface area contributed by atoms with Crippen LogP contribution in [0.3, 0.4) is 0 Å². The molecule has 6 nitrogen and oxygen atoms in total. The Labute approximate surface area is 119 Å². The average Bonchev–Trinajstić information content (AvgIpc) is 2.36. The molecule has 7 heteroatoms. The van der Waals surface area contributed by atoms with Crippen LogP contribution in [0.2, 0.25) is 0 Å². The van der Waals surface area contributed by atoms with Crippen molar-refractivity contribution in [2.24, 2.45) is 0 Å². The molecule has 0 spiro atoms. The van der Waals surface area contributed by atoms with Gasteiger partial charge < -0.3 is 14.6 Å². The maximum absolute atomic E-state index is 12.2. The van der Waals surface area contributed by atoms with Gasteiger partial charge in [-0.3, -0.25) is 0 Å². The lowest BCUT2D eigenvalue weighted by Gasteiger charge is -2.16. The van der Waals surface area contributed by atoms with Gasteiger partial charge in [0.2, 0.25) is 10.0 Å². The first kappa shape index (κ1) is 16.7. The zero-order chi connectivity index (χ0) is 15.3. The Balaban J connectivity index is 2.98. The Morgan fingerprint density at radius 1 is 1.20 bits per heavy atom. The molecule has 2 unspecified atom stereocenters. The van der Waals surface area contributed by atoms with Crippen LogP contribution in [-0.2, 0) is 10.0 Å². The fourth-order valence-corrected chi connectivity index (χ4v) is 3.15. The molecule has 0 saturated carbocycles. The van der Waals surface area contributed by atoms with Crippen LogP contribution in [0.1, 0.15) is 20.3 Å². The summed E-state index contributed by atoms with van der Waals surface area (Å²) in [5.41, 5.74) is 0. The fourth-order valence-electron chi connectivity index (χ4n) is 1.88. The molecule has 0 bridgehead atoms. The summed E-state index contributed by atoms with van der Waals surface area (Å²) in [6.45, 7) is 3.31. The molecule has 0 aliphatic carbocycles. The summed E-state index contributed by atoms with van der Waals surface area (Å²) in [4.78, 5) is 0.0904. The van der Waals surface area contributed by atoms with Crippen LogP contribution in [0.25, 0.3) is 0 Å². The first-order valence-electron chi connectivity index (χ1n) is 6.22. The van der Waals surface area contributed by atoms with Crippen LogP contribution in [0.15, 0.2) is 23.1 Å². The summed E-state index contributed by atoms with van der Waals surface area (Å²) in [5.74, 6) is 0.807. The Morgan fingerprint density at radius 2 is 1.80 bits per heavy atom. The van der Waals surface area contributed by atoms with E-state index in [0.717, 1.165) is 0 Å².